The quantitative estimate of drug-likeness (QED) is 0.719. The van der Waals surface area contributed by atoms with Crippen LogP contribution in [0.4, 0.5) is 22.0 Å². The van der Waals surface area contributed by atoms with Crippen LogP contribution in [0.5, 0.6) is 0 Å². The molecule has 1 N–H and O–H groups in total. The minimum Gasteiger partial charge on any atom is -0.308 e. The van der Waals surface area contributed by atoms with Crippen molar-refractivity contribution < 1.29 is 22.0 Å². The molecule has 1 saturated heterocycles. The van der Waals surface area contributed by atoms with Gasteiger partial charge in [0.1, 0.15) is 0 Å². The highest BCUT2D eigenvalue weighted by atomic mass is 19.3. The van der Waals surface area contributed by atoms with Gasteiger partial charge in [-0.1, -0.05) is 19.8 Å². The van der Waals surface area contributed by atoms with Crippen molar-refractivity contribution >= 4 is 0 Å². The lowest BCUT2D eigenvalue weighted by Crippen LogP contribution is -2.57. The van der Waals surface area contributed by atoms with Crippen LogP contribution in [0.25, 0.3) is 0 Å². The second-order valence-corrected chi connectivity index (χ2v) is 4.50. The smallest absolute Gasteiger partial charge is 0.308 e. The van der Waals surface area contributed by atoms with Crippen LogP contribution >= 0.6 is 0 Å². The van der Waals surface area contributed by atoms with Gasteiger partial charge in [-0.15, -0.1) is 0 Å². The summed E-state index contributed by atoms with van der Waals surface area (Å²) >= 11 is 0. The number of hydrogen-bond donors (Lipinski definition) is 1. The predicted molar refractivity (Wildman–Crippen MR) is 55.3 cm³/mol. The molecule has 0 aromatic heterocycles. The van der Waals surface area contributed by atoms with Crippen molar-refractivity contribution in [2.75, 3.05) is 6.54 Å². The molecule has 1 aliphatic heterocycles. The Morgan fingerprint density at radius 1 is 1.29 bits per heavy atom. The number of unbranched alkanes of at least 4 members (excludes halogenated alkanes) is 1. The first-order valence-electron chi connectivity index (χ1n) is 5.97. The molecule has 6 heteroatoms. The van der Waals surface area contributed by atoms with E-state index in [2.05, 4.69) is 5.32 Å². The summed E-state index contributed by atoms with van der Waals surface area (Å²) in [5, 5.41) is 2.32. The molecular weight excluding hydrogens is 241 g/mol. The molecule has 1 nitrogen and oxygen atoms in total. The molecule has 17 heavy (non-hydrogen) atoms. The van der Waals surface area contributed by atoms with Gasteiger partial charge in [0.25, 0.3) is 0 Å². The molecule has 1 heterocycles. The molecule has 1 aliphatic rings. The van der Waals surface area contributed by atoms with Gasteiger partial charge in [0, 0.05) is 0 Å². The zero-order valence-electron chi connectivity index (χ0n) is 9.79. The Balaban J connectivity index is 2.71. The van der Waals surface area contributed by atoms with Gasteiger partial charge >= 0.3 is 11.8 Å². The van der Waals surface area contributed by atoms with Crippen molar-refractivity contribution in [3.8, 4) is 0 Å². The van der Waals surface area contributed by atoms with Crippen molar-refractivity contribution in [3.05, 3.63) is 0 Å². The zero-order chi connectivity index (χ0) is 13.1. The van der Waals surface area contributed by atoms with E-state index in [1.54, 1.807) is 6.92 Å². The maximum Gasteiger partial charge on any atom is 0.342 e. The summed E-state index contributed by atoms with van der Waals surface area (Å²) in [6, 6.07) is -1.61. The van der Waals surface area contributed by atoms with E-state index in [0.717, 1.165) is 0 Å². The molecule has 0 aromatic rings. The van der Waals surface area contributed by atoms with Crippen molar-refractivity contribution in [2.45, 2.75) is 63.1 Å². The Morgan fingerprint density at radius 2 is 1.94 bits per heavy atom. The fourth-order valence-corrected chi connectivity index (χ4v) is 2.00. The molecule has 0 radical (unpaired) electrons. The minimum atomic E-state index is -4.59. The molecule has 0 aliphatic carbocycles. The Kier molecular flexibility index (Phi) is 4.75. The molecule has 0 amide bonds. The third-order valence-corrected chi connectivity index (χ3v) is 3.15. The van der Waals surface area contributed by atoms with Crippen molar-refractivity contribution in [2.24, 2.45) is 0 Å². The van der Waals surface area contributed by atoms with E-state index in [0.29, 0.717) is 12.8 Å². The third-order valence-electron chi connectivity index (χ3n) is 3.15. The first-order valence-corrected chi connectivity index (χ1v) is 5.97. The molecule has 0 bridgehead atoms. The van der Waals surface area contributed by atoms with Crippen molar-refractivity contribution in [1.29, 1.82) is 0 Å². The zero-order valence-corrected chi connectivity index (χ0v) is 9.79. The summed E-state index contributed by atoms with van der Waals surface area (Å²) in [7, 11) is 0. The van der Waals surface area contributed by atoms with Crippen LogP contribution in [-0.2, 0) is 0 Å². The largest absolute Gasteiger partial charge is 0.342 e. The molecule has 0 saturated carbocycles. The monoisotopic (exact) mass is 259 g/mol. The van der Waals surface area contributed by atoms with Crippen molar-refractivity contribution in [1.82, 2.24) is 5.32 Å². The van der Waals surface area contributed by atoms with Gasteiger partial charge in [-0.3, -0.25) is 0 Å². The van der Waals surface area contributed by atoms with E-state index in [9.17, 15) is 22.0 Å². The molecule has 0 unspecified atom stereocenters. The van der Waals surface area contributed by atoms with E-state index in [1.807, 2.05) is 0 Å². The molecule has 1 rings (SSSR count). The minimum absolute atomic E-state index is 0.0386. The number of hydrogen-bond acceptors (Lipinski definition) is 1. The molecule has 0 aromatic carbocycles. The van der Waals surface area contributed by atoms with Gasteiger partial charge in [-0.25, -0.2) is 4.39 Å². The lowest BCUT2D eigenvalue weighted by Gasteiger charge is -2.33. The summed E-state index contributed by atoms with van der Waals surface area (Å²) < 4.78 is 67.1. The van der Waals surface area contributed by atoms with Crippen LogP contribution in [-0.4, -0.2) is 30.6 Å². The van der Waals surface area contributed by atoms with E-state index >= 15 is 0 Å². The van der Waals surface area contributed by atoms with Crippen LogP contribution in [0.1, 0.15) is 39.0 Å². The van der Waals surface area contributed by atoms with Crippen LogP contribution in [0.3, 0.4) is 0 Å². The standard InChI is InChI=1S/C11H18F5N/c1-2-3-5-8(12)10(13,14)11(15,16)9-6-4-7-17-9/h8-9,17H,2-7H2,1H3/t8-,9-/m1/s1. The SMILES string of the molecule is CCCC[C@@H](F)C(F)(F)C(F)(F)[C@H]1CCCN1. The Labute approximate surface area is 97.8 Å². The summed E-state index contributed by atoms with van der Waals surface area (Å²) in [6.07, 6.45) is -2.23. The normalized spacial score (nSPS) is 24.0. The second kappa shape index (κ2) is 5.50. The first-order chi connectivity index (χ1) is 7.84. The highest BCUT2D eigenvalue weighted by molar-refractivity contribution is 5.00. The predicted octanol–water partition coefficient (Wildman–Crippen LogP) is 3.54. The highest BCUT2D eigenvalue weighted by Gasteiger charge is 2.65. The van der Waals surface area contributed by atoms with E-state index in [1.165, 1.54) is 0 Å². The fourth-order valence-electron chi connectivity index (χ4n) is 2.00. The molecular formula is C11H18F5N. The van der Waals surface area contributed by atoms with Crippen LogP contribution in [0.15, 0.2) is 0 Å². The van der Waals surface area contributed by atoms with Gasteiger partial charge < -0.3 is 5.32 Å². The molecule has 2 atom stereocenters. The van der Waals surface area contributed by atoms with E-state index in [-0.39, 0.29) is 19.4 Å². The third kappa shape index (κ3) is 2.89. The summed E-state index contributed by atoms with van der Waals surface area (Å²) in [6.45, 7) is 1.98. The van der Waals surface area contributed by atoms with Crippen LogP contribution in [0.2, 0.25) is 0 Å². The lowest BCUT2D eigenvalue weighted by molar-refractivity contribution is -0.250. The van der Waals surface area contributed by atoms with Gasteiger partial charge in [0.2, 0.25) is 0 Å². The second-order valence-electron chi connectivity index (χ2n) is 4.50. The van der Waals surface area contributed by atoms with Gasteiger partial charge in [0.05, 0.1) is 6.04 Å². The average molecular weight is 259 g/mol. The van der Waals surface area contributed by atoms with E-state index in [4.69, 9.17) is 0 Å². The fraction of sp³-hybridized carbons (Fsp3) is 1.00. The van der Waals surface area contributed by atoms with Crippen LogP contribution < -0.4 is 5.32 Å². The Bertz CT molecular complexity index is 238. The maximum absolute atomic E-state index is 13.5. The summed E-state index contributed by atoms with van der Waals surface area (Å²) in [4.78, 5) is 0. The molecule has 102 valence electrons. The Hall–Kier alpha value is -0.390. The molecule has 1 fully saturated rings. The van der Waals surface area contributed by atoms with Crippen LogP contribution in [0, 0.1) is 0 Å². The number of alkyl halides is 5. The summed E-state index contributed by atoms with van der Waals surface area (Å²) in [5.41, 5.74) is 0. The topological polar surface area (TPSA) is 12.0 Å². The highest BCUT2D eigenvalue weighted by Crippen LogP contribution is 2.44. The van der Waals surface area contributed by atoms with Gasteiger partial charge in [-0.2, -0.15) is 17.6 Å². The van der Waals surface area contributed by atoms with E-state index < -0.39 is 30.5 Å². The maximum atomic E-state index is 13.5. The number of rotatable bonds is 6. The molecule has 0 spiro atoms. The number of halogens is 5. The van der Waals surface area contributed by atoms with Gasteiger partial charge in [0.15, 0.2) is 6.17 Å². The first kappa shape index (κ1) is 14.7. The van der Waals surface area contributed by atoms with Crippen molar-refractivity contribution in [3.63, 3.8) is 0 Å². The Morgan fingerprint density at radius 3 is 2.41 bits per heavy atom. The lowest BCUT2D eigenvalue weighted by atomic mass is 9.95. The van der Waals surface area contributed by atoms with Gasteiger partial charge in [-0.05, 0) is 25.8 Å². The number of nitrogens with one attached hydrogen (secondary N) is 1. The summed E-state index contributed by atoms with van der Waals surface area (Å²) in [5.74, 6) is -8.92. The average Bonchev–Trinajstić information content (AvgIpc) is 2.79.